The molecule has 0 aliphatic rings. The van der Waals surface area contributed by atoms with Crippen LogP contribution in [0, 0.1) is 0 Å². The molecule has 0 aliphatic heterocycles. The van der Waals surface area contributed by atoms with Crippen LogP contribution in [0.25, 0.3) is 11.0 Å². The highest BCUT2D eigenvalue weighted by Crippen LogP contribution is 2.25. The summed E-state index contributed by atoms with van der Waals surface area (Å²) < 4.78 is 11.1. The summed E-state index contributed by atoms with van der Waals surface area (Å²) in [5, 5.41) is 0.910. The fraction of sp³-hybridized carbons (Fsp3) is 0.273. The Labute approximate surface area is 152 Å². The van der Waals surface area contributed by atoms with Gasteiger partial charge in [-0.15, -0.1) is 0 Å². The molecule has 0 spiro atoms. The fourth-order valence-corrected chi connectivity index (χ4v) is 2.95. The molecule has 0 aliphatic carbocycles. The number of hydrogen-bond donors (Lipinski definition) is 0. The van der Waals surface area contributed by atoms with Gasteiger partial charge in [-0.3, -0.25) is 4.79 Å². The Bertz CT molecular complexity index is 957. The monoisotopic (exact) mass is 350 g/mol. The first-order valence-corrected chi connectivity index (χ1v) is 8.91. The van der Waals surface area contributed by atoms with Gasteiger partial charge in [-0.05, 0) is 37.5 Å². The average Bonchev–Trinajstić information content (AvgIpc) is 2.65. The van der Waals surface area contributed by atoms with Crippen molar-refractivity contribution >= 4 is 16.8 Å². The second kappa shape index (κ2) is 8.00. The second-order valence-electron chi connectivity index (χ2n) is 6.34. The van der Waals surface area contributed by atoms with Crippen molar-refractivity contribution in [3.63, 3.8) is 0 Å². The Kier molecular flexibility index (Phi) is 5.52. The number of fused-ring (bicyclic) bond motifs is 1. The molecule has 3 aromatic rings. The maximum Gasteiger partial charge on any atom is 0.336 e. The van der Waals surface area contributed by atoms with Crippen molar-refractivity contribution in [3.8, 4) is 5.75 Å². The highest BCUT2D eigenvalue weighted by atomic mass is 16.5. The van der Waals surface area contributed by atoms with Crippen molar-refractivity contribution in [1.29, 1.82) is 0 Å². The predicted molar refractivity (Wildman–Crippen MR) is 102 cm³/mol. The van der Waals surface area contributed by atoms with Gasteiger partial charge in [-0.2, -0.15) is 0 Å². The standard InChI is InChI=1S/C22H22O4/c1-3-4-8-17-13-21(23)26-20-14-18(11-12-19(17)20)25-15(2)22(24)16-9-6-5-7-10-16/h5-7,9-15H,3-4,8H2,1-2H3/t15-/m0/s1. The minimum atomic E-state index is -0.634. The van der Waals surface area contributed by atoms with Crippen LogP contribution in [0.1, 0.15) is 42.6 Å². The highest BCUT2D eigenvalue weighted by molar-refractivity contribution is 5.99. The molecule has 4 heteroatoms. The molecule has 1 aromatic heterocycles. The van der Waals surface area contributed by atoms with Gasteiger partial charge in [-0.25, -0.2) is 4.79 Å². The van der Waals surface area contributed by atoms with Gasteiger partial charge in [0.15, 0.2) is 6.10 Å². The van der Waals surface area contributed by atoms with Gasteiger partial charge in [0, 0.05) is 23.1 Å². The molecule has 2 aromatic carbocycles. The number of unbranched alkanes of at least 4 members (excludes halogenated alkanes) is 1. The zero-order chi connectivity index (χ0) is 18.5. The van der Waals surface area contributed by atoms with Crippen LogP contribution >= 0.6 is 0 Å². The summed E-state index contributed by atoms with van der Waals surface area (Å²) >= 11 is 0. The van der Waals surface area contributed by atoms with E-state index in [9.17, 15) is 9.59 Å². The van der Waals surface area contributed by atoms with E-state index in [0.29, 0.717) is 16.9 Å². The first-order chi connectivity index (χ1) is 12.6. The van der Waals surface area contributed by atoms with Crippen molar-refractivity contribution in [2.75, 3.05) is 0 Å². The smallest absolute Gasteiger partial charge is 0.336 e. The lowest BCUT2D eigenvalue weighted by Gasteiger charge is -2.14. The van der Waals surface area contributed by atoms with Crippen molar-refractivity contribution in [2.45, 2.75) is 39.2 Å². The van der Waals surface area contributed by atoms with Crippen molar-refractivity contribution in [1.82, 2.24) is 0 Å². The third-order valence-electron chi connectivity index (χ3n) is 4.34. The molecule has 0 amide bonds. The van der Waals surface area contributed by atoms with Crippen LogP contribution in [0.5, 0.6) is 5.75 Å². The summed E-state index contributed by atoms with van der Waals surface area (Å²) in [7, 11) is 0. The molecule has 3 rings (SSSR count). The van der Waals surface area contributed by atoms with Gasteiger partial charge in [0.2, 0.25) is 5.78 Å². The molecule has 0 radical (unpaired) electrons. The molecule has 26 heavy (non-hydrogen) atoms. The van der Waals surface area contributed by atoms with Crippen LogP contribution in [0.3, 0.4) is 0 Å². The van der Waals surface area contributed by atoms with Crippen molar-refractivity contribution in [2.24, 2.45) is 0 Å². The number of hydrogen-bond acceptors (Lipinski definition) is 4. The number of ether oxygens (including phenoxy) is 1. The van der Waals surface area contributed by atoms with Crippen LogP contribution in [0.15, 0.2) is 63.8 Å². The molecule has 134 valence electrons. The van der Waals surface area contributed by atoms with E-state index in [4.69, 9.17) is 9.15 Å². The molecule has 0 saturated heterocycles. The lowest BCUT2D eigenvalue weighted by molar-refractivity contribution is 0.0818. The first-order valence-electron chi connectivity index (χ1n) is 8.91. The van der Waals surface area contributed by atoms with Crippen LogP contribution in [0.2, 0.25) is 0 Å². The number of rotatable bonds is 7. The number of carbonyl (C=O) groups excluding carboxylic acids is 1. The Hall–Kier alpha value is -2.88. The van der Waals surface area contributed by atoms with Crippen LogP contribution < -0.4 is 10.4 Å². The quantitative estimate of drug-likeness (QED) is 0.454. The SMILES string of the molecule is CCCCc1cc(=O)oc2cc(O[C@@H](C)C(=O)c3ccccc3)ccc12. The normalized spacial score (nSPS) is 12.1. The Morgan fingerprint density at radius 1 is 1.12 bits per heavy atom. The summed E-state index contributed by atoms with van der Waals surface area (Å²) in [5.41, 5.74) is 1.71. The Morgan fingerprint density at radius 3 is 2.62 bits per heavy atom. The second-order valence-corrected chi connectivity index (χ2v) is 6.34. The molecule has 1 heterocycles. The number of Topliss-reactive ketones (excluding diaryl/α,β-unsaturated/α-hetero) is 1. The van der Waals surface area contributed by atoms with Gasteiger partial charge >= 0.3 is 5.63 Å². The molecule has 0 N–H and O–H groups in total. The number of aryl methyl sites for hydroxylation is 1. The molecule has 0 fully saturated rings. The lowest BCUT2D eigenvalue weighted by Crippen LogP contribution is -2.23. The van der Waals surface area contributed by atoms with E-state index in [1.807, 2.05) is 30.3 Å². The van der Waals surface area contributed by atoms with E-state index in [1.165, 1.54) is 0 Å². The molecule has 0 saturated carbocycles. The van der Waals surface area contributed by atoms with Crippen molar-refractivity contribution in [3.05, 3.63) is 76.1 Å². The summed E-state index contributed by atoms with van der Waals surface area (Å²) in [5.74, 6) is 0.411. The molecule has 1 atom stereocenters. The van der Waals surface area contributed by atoms with Gasteiger partial charge in [0.25, 0.3) is 0 Å². The molecular formula is C22H22O4. The maximum absolute atomic E-state index is 12.4. The van der Waals surface area contributed by atoms with E-state index >= 15 is 0 Å². The largest absolute Gasteiger partial charge is 0.482 e. The van der Waals surface area contributed by atoms with Crippen LogP contribution in [-0.2, 0) is 6.42 Å². The topological polar surface area (TPSA) is 56.5 Å². The van der Waals surface area contributed by atoms with Crippen molar-refractivity contribution < 1.29 is 13.9 Å². The first kappa shape index (κ1) is 17.9. The fourth-order valence-electron chi connectivity index (χ4n) is 2.95. The predicted octanol–water partition coefficient (Wildman–Crippen LogP) is 4.79. The molecular weight excluding hydrogens is 328 g/mol. The Morgan fingerprint density at radius 2 is 1.88 bits per heavy atom. The number of carbonyl (C=O) groups is 1. The summed E-state index contributed by atoms with van der Waals surface area (Å²) in [4.78, 5) is 24.3. The maximum atomic E-state index is 12.4. The zero-order valence-corrected chi connectivity index (χ0v) is 15.0. The number of ketones is 1. The average molecular weight is 350 g/mol. The molecule has 0 bridgehead atoms. The van der Waals surface area contributed by atoms with E-state index in [-0.39, 0.29) is 11.4 Å². The molecule has 4 nitrogen and oxygen atoms in total. The summed E-state index contributed by atoms with van der Waals surface area (Å²) in [6.07, 6.45) is 2.27. The van der Waals surface area contributed by atoms with Crippen LogP contribution in [0.4, 0.5) is 0 Å². The third kappa shape index (κ3) is 4.02. The van der Waals surface area contributed by atoms with Gasteiger partial charge in [-0.1, -0.05) is 43.7 Å². The Balaban J connectivity index is 1.85. The molecule has 0 unspecified atom stereocenters. The minimum absolute atomic E-state index is 0.0937. The zero-order valence-electron chi connectivity index (χ0n) is 15.0. The highest BCUT2D eigenvalue weighted by Gasteiger charge is 2.17. The summed E-state index contributed by atoms with van der Waals surface area (Å²) in [6.45, 7) is 3.83. The van der Waals surface area contributed by atoms with E-state index in [1.54, 1.807) is 31.2 Å². The number of benzene rings is 2. The van der Waals surface area contributed by atoms with Gasteiger partial charge in [0.1, 0.15) is 11.3 Å². The van der Waals surface area contributed by atoms with Crippen LogP contribution in [-0.4, -0.2) is 11.9 Å². The van der Waals surface area contributed by atoms with E-state index in [0.717, 1.165) is 30.2 Å². The minimum Gasteiger partial charge on any atom is -0.482 e. The van der Waals surface area contributed by atoms with Gasteiger partial charge in [0.05, 0.1) is 0 Å². The van der Waals surface area contributed by atoms with Gasteiger partial charge < -0.3 is 9.15 Å². The van der Waals surface area contributed by atoms with E-state index in [2.05, 4.69) is 6.92 Å². The summed E-state index contributed by atoms with van der Waals surface area (Å²) in [6, 6.07) is 16.0. The van der Waals surface area contributed by atoms with E-state index < -0.39 is 6.10 Å². The lowest BCUT2D eigenvalue weighted by atomic mass is 10.0. The third-order valence-corrected chi connectivity index (χ3v) is 4.34.